The number of amides is 2. The molecule has 0 aliphatic carbocycles. The van der Waals surface area contributed by atoms with Crippen LogP contribution in [0.15, 0.2) is 128 Å². The maximum absolute atomic E-state index is 13.4. The van der Waals surface area contributed by atoms with Gasteiger partial charge >= 0.3 is 0 Å². The van der Waals surface area contributed by atoms with Crippen molar-refractivity contribution in [1.82, 2.24) is 15.3 Å². The van der Waals surface area contributed by atoms with Gasteiger partial charge in [-0.15, -0.1) is 0 Å². The lowest BCUT2D eigenvalue weighted by Gasteiger charge is -2.19. The van der Waals surface area contributed by atoms with Gasteiger partial charge in [-0.3, -0.25) is 19.6 Å². The van der Waals surface area contributed by atoms with E-state index in [0.29, 0.717) is 22.3 Å². The Bertz CT molecular complexity index is 1900. The molecule has 2 heterocycles. The Morgan fingerprint density at radius 2 is 1.49 bits per heavy atom. The number of carbonyl (C=O) groups is 2. The van der Waals surface area contributed by atoms with Crippen molar-refractivity contribution in [1.29, 1.82) is 0 Å². The number of aromatic nitrogens is 2. The van der Waals surface area contributed by atoms with Crippen LogP contribution in [0, 0.1) is 13.8 Å². The van der Waals surface area contributed by atoms with Gasteiger partial charge in [0.05, 0.1) is 22.8 Å². The van der Waals surface area contributed by atoms with Crippen LogP contribution >= 0.6 is 0 Å². The molecule has 210 valence electrons. The Hall–Kier alpha value is -5.62. The zero-order valence-corrected chi connectivity index (χ0v) is 23.9. The number of benzene rings is 4. The van der Waals surface area contributed by atoms with Gasteiger partial charge in [0.1, 0.15) is 0 Å². The molecule has 1 atom stereocenters. The van der Waals surface area contributed by atoms with Crippen molar-refractivity contribution in [3.8, 4) is 11.1 Å². The van der Waals surface area contributed by atoms with Crippen LogP contribution in [0.2, 0.25) is 0 Å². The molecular formula is C37H30N4O2. The number of anilines is 1. The lowest BCUT2D eigenvalue weighted by atomic mass is 9.96. The number of carbonyl (C=O) groups excluding carboxylic acids is 2. The Morgan fingerprint density at radius 3 is 2.28 bits per heavy atom. The van der Waals surface area contributed by atoms with Crippen molar-refractivity contribution in [2.24, 2.45) is 0 Å². The molecule has 0 spiro atoms. The topological polar surface area (TPSA) is 84.0 Å². The summed E-state index contributed by atoms with van der Waals surface area (Å²) in [7, 11) is 0. The van der Waals surface area contributed by atoms with Gasteiger partial charge in [-0.25, -0.2) is 0 Å². The summed E-state index contributed by atoms with van der Waals surface area (Å²) in [6, 6.07) is 36.1. The average Bonchev–Trinajstić information content (AvgIpc) is 3.05. The quantitative estimate of drug-likeness (QED) is 0.209. The number of hydrogen-bond donors (Lipinski definition) is 2. The van der Waals surface area contributed by atoms with Crippen LogP contribution < -0.4 is 10.6 Å². The molecule has 6 aromatic rings. The zero-order chi connectivity index (χ0) is 29.8. The minimum Gasteiger partial charge on any atom is -0.339 e. The van der Waals surface area contributed by atoms with Crippen LogP contribution in [0.3, 0.4) is 0 Å². The molecule has 0 saturated heterocycles. The first-order valence-electron chi connectivity index (χ1n) is 14.1. The van der Waals surface area contributed by atoms with Crippen molar-refractivity contribution < 1.29 is 9.59 Å². The SMILES string of the molecule is Cc1ccc(-c2ccccc2C(=O)Nc2ccc3cc(C(=O)NC(c4ccccc4)c4ccccn4)cnc3c2)cc1C. The van der Waals surface area contributed by atoms with Gasteiger partial charge in [0.15, 0.2) is 0 Å². The number of nitrogens with zero attached hydrogens (tertiary/aromatic N) is 2. The second kappa shape index (κ2) is 12.1. The summed E-state index contributed by atoms with van der Waals surface area (Å²) in [5.41, 5.74) is 8.24. The van der Waals surface area contributed by atoms with E-state index in [-0.39, 0.29) is 11.8 Å². The van der Waals surface area contributed by atoms with E-state index in [1.165, 1.54) is 11.1 Å². The first kappa shape index (κ1) is 27.5. The van der Waals surface area contributed by atoms with E-state index in [1.54, 1.807) is 18.5 Å². The van der Waals surface area contributed by atoms with Crippen molar-refractivity contribution in [2.75, 3.05) is 5.32 Å². The van der Waals surface area contributed by atoms with Gasteiger partial charge in [-0.1, -0.05) is 78.9 Å². The second-order valence-corrected chi connectivity index (χ2v) is 10.5. The van der Waals surface area contributed by atoms with Gasteiger partial charge < -0.3 is 10.6 Å². The number of pyridine rings is 2. The summed E-state index contributed by atoms with van der Waals surface area (Å²) < 4.78 is 0. The minimum atomic E-state index is -0.408. The summed E-state index contributed by atoms with van der Waals surface area (Å²) in [5.74, 6) is -0.458. The smallest absolute Gasteiger partial charge is 0.256 e. The summed E-state index contributed by atoms with van der Waals surface area (Å²) in [6.07, 6.45) is 3.27. The molecule has 0 saturated carbocycles. The molecule has 0 aliphatic rings. The minimum absolute atomic E-state index is 0.203. The van der Waals surface area contributed by atoms with E-state index in [4.69, 9.17) is 0 Å². The van der Waals surface area contributed by atoms with Crippen LogP contribution in [-0.2, 0) is 0 Å². The second-order valence-electron chi connectivity index (χ2n) is 10.5. The molecular weight excluding hydrogens is 532 g/mol. The molecule has 0 fully saturated rings. The average molecular weight is 563 g/mol. The molecule has 2 amide bonds. The third kappa shape index (κ3) is 6.04. The van der Waals surface area contributed by atoms with E-state index in [2.05, 4.69) is 46.6 Å². The van der Waals surface area contributed by atoms with E-state index >= 15 is 0 Å². The molecule has 0 bridgehead atoms. The largest absolute Gasteiger partial charge is 0.339 e. The molecule has 6 rings (SSSR count). The van der Waals surface area contributed by atoms with Crippen molar-refractivity contribution in [3.63, 3.8) is 0 Å². The van der Waals surface area contributed by atoms with Crippen molar-refractivity contribution >= 4 is 28.4 Å². The molecule has 1 unspecified atom stereocenters. The molecule has 0 radical (unpaired) electrons. The van der Waals surface area contributed by atoms with Crippen LogP contribution in [0.1, 0.15) is 49.1 Å². The van der Waals surface area contributed by atoms with E-state index in [9.17, 15) is 9.59 Å². The third-order valence-electron chi connectivity index (χ3n) is 7.59. The fourth-order valence-electron chi connectivity index (χ4n) is 5.10. The molecule has 43 heavy (non-hydrogen) atoms. The van der Waals surface area contributed by atoms with E-state index < -0.39 is 6.04 Å². The van der Waals surface area contributed by atoms with Gasteiger partial charge in [0, 0.05) is 29.0 Å². The lowest BCUT2D eigenvalue weighted by Crippen LogP contribution is -2.30. The maximum atomic E-state index is 13.4. The summed E-state index contributed by atoms with van der Waals surface area (Å²) in [4.78, 5) is 35.8. The highest BCUT2D eigenvalue weighted by molar-refractivity contribution is 6.09. The molecule has 6 heteroatoms. The Morgan fingerprint density at radius 1 is 0.698 bits per heavy atom. The van der Waals surface area contributed by atoms with E-state index in [0.717, 1.165) is 27.8 Å². The first-order chi connectivity index (χ1) is 21.0. The number of aryl methyl sites for hydroxylation is 2. The van der Waals surface area contributed by atoms with Gasteiger partial charge in [0.2, 0.25) is 0 Å². The Balaban J connectivity index is 1.22. The molecule has 2 N–H and O–H groups in total. The standard InChI is InChI=1S/C37H30N4O2/c1-24-15-16-27(20-25(24)2)31-12-6-7-13-32(31)37(43)40-30-18-17-28-21-29(23-39-34(28)22-30)36(42)41-35(26-10-4-3-5-11-26)33-14-8-9-19-38-33/h3-23,35H,1-2H3,(H,40,43)(H,41,42). The molecule has 2 aromatic heterocycles. The van der Waals surface area contributed by atoms with Gasteiger partial charge in [-0.05, 0) is 78.1 Å². The summed E-state index contributed by atoms with van der Waals surface area (Å²) >= 11 is 0. The highest BCUT2D eigenvalue weighted by Gasteiger charge is 2.20. The normalized spacial score (nSPS) is 11.6. The van der Waals surface area contributed by atoms with Crippen LogP contribution in [0.5, 0.6) is 0 Å². The van der Waals surface area contributed by atoms with Crippen LogP contribution in [0.4, 0.5) is 5.69 Å². The van der Waals surface area contributed by atoms with E-state index in [1.807, 2.05) is 97.1 Å². The maximum Gasteiger partial charge on any atom is 0.256 e. The number of nitrogens with one attached hydrogen (secondary N) is 2. The number of rotatable bonds is 7. The summed E-state index contributed by atoms with van der Waals surface area (Å²) in [5, 5.41) is 6.92. The molecule has 4 aromatic carbocycles. The Kier molecular flexibility index (Phi) is 7.74. The van der Waals surface area contributed by atoms with Crippen LogP contribution in [0.25, 0.3) is 22.0 Å². The van der Waals surface area contributed by atoms with Gasteiger partial charge in [0.25, 0.3) is 11.8 Å². The summed E-state index contributed by atoms with van der Waals surface area (Å²) in [6.45, 7) is 4.14. The first-order valence-corrected chi connectivity index (χ1v) is 14.1. The Labute approximate surface area is 250 Å². The zero-order valence-electron chi connectivity index (χ0n) is 23.9. The predicted molar refractivity (Wildman–Crippen MR) is 171 cm³/mol. The third-order valence-corrected chi connectivity index (χ3v) is 7.59. The number of hydrogen-bond acceptors (Lipinski definition) is 4. The fraction of sp³-hybridized carbons (Fsp3) is 0.0811. The highest BCUT2D eigenvalue weighted by Crippen LogP contribution is 2.27. The van der Waals surface area contributed by atoms with Crippen molar-refractivity contribution in [2.45, 2.75) is 19.9 Å². The van der Waals surface area contributed by atoms with Crippen LogP contribution in [-0.4, -0.2) is 21.8 Å². The molecule has 0 aliphatic heterocycles. The fourth-order valence-corrected chi connectivity index (χ4v) is 5.10. The monoisotopic (exact) mass is 562 g/mol. The van der Waals surface area contributed by atoms with Gasteiger partial charge in [-0.2, -0.15) is 0 Å². The highest BCUT2D eigenvalue weighted by atomic mass is 16.2. The lowest BCUT2D eigenvalue weighted by molar-refractivity contribution is 0.0941. The predicted octanol–water partition coefficient (Wildman–Crippen LogP) is 7.69. The number of fused-ring (bicyclic) bond motifs is 1. The van der Waals surface area contributed by atoms with Crippen molar-refractivity contribution in [3.05, 3.63) is 161 Å². The molecule has 6 nitrogen and oxygen atoms in total.